The molecule has 3 amide bonds. The van der Waals surface area contributed by atoms with Crippen molar-refractivity contribution in [1.82, 2.24) is 5.32 Å². The van der Waals surface area contributed by atoms with Gasteiger partial charge in [-0.15, -0.1) is 11.8 Å². The van der Waals surface area contributed by atoms with E-state index in [-0.39, 0.29) is 16.9 Å². The third kappa shape index (κ3) is 8.49. The van der Waals surface area contributed by atoms with E-state index < -0.39 is 11.8 Å². The number of methoxy groups -OCH3 is 2. The molecule has 3 N–H and O–H groups in total. The fourth-order valence-electron chi connectivity index (χ4n) is 3.86. The van der Waals surface area contributed by atoms with Crippen LogP contribution < -0.4 is 25.4 Å². The van der Waals surface area contributed by atoms with E-state index in [1.54, 1.807) is 87.0 Å². The van der Waals surface area contributed by atoms with Gasteiger partial charge in [0.05, 0.1) is 19.5 Å². The lowest BCUT2D eigenvalue weighted by molar-refractivity contribution is -0.115. The third-order valence-corrected chi connectivity index (χ3v) is 7.18. The van der Waals surface area contributed by atoms with Crippen molar-refractivity contribution >= 4 is 46.9 Å². The summed E-state index contributed by atoms with van der Waals surface area (Å²) in [4.78, 5) is 39.8. The molecule has 0 saturated carbocycles. The number of benzene rings is 4. The summed E-state index contributed by atoms with van der Waals surface area (Å²) in [6, 6.07) is 30.1. The van der Waals surface area contributed by atoms with Gasteiger partial charge in [0, 0.05) is 27.9 Å². The fourth-order valence-corrected chi connectivity index (χ4v) is 4.73. The summed E-state index contributed by atoms with van der Waals surface area (Å²) in [7, 11) is 3.13. The number of ether oxygens (including phenoxy) is 2. The van der Waals surface area contributed by atoms with E-state index in [1.807, 2.05) is 43.3 Å². The molecule has 4 aromatic carbocycles. The molecule has 0 bridgehead atoms. The highest BCUT2D eigenvalue weighted by Crippen LogP contribution is 2.26. The normalized spacial score (nSPS) is 11.6. The van der Waals surface area contributed by atoms with Crippen molar-refractivity contribution in [3.63, 3.8) is 0 Å². The molecule has 4 aromatic rings. The van der Waals surface area contributed by atoms with Gasteiger partial charge in [0.1, 0.15) is 17.2 Å². The van der Waals surface area contributed by atoms with Crippen LogP contribution in [0.1, 0.15) is 22.8 Å². The molecule has 42 heavy (non-hydrogen) atoms. The average Bonchev–Trinajstić information content (AvgIpc) is 3.02. The van der Waals surface area contributed by atoms with E-state index in [4.69, 9.17) is 9.47 Å². The Hall–Kier alpha value is -5.02. The van der Waals surface area contributed by atoms with Crippen molar-refractivity contribution < 1.29 is 23.9 Å². The summed E-state index contributed by atoms with van der Waals surface area (Å²) in [6.45, 7) is 1.82. The molecule has 1 atom stereocenters. The Labute approximate surface area is 249 Å². The molecule has 0 aliphatic carbocycles. The van der Waals surface area contributed by atoms with Gasteiger partial charge in [-0.3, -0.25) is 14.4 Å². The summed E-state index contributed by atoms with van der Waals surface area (Å²) in [5.74, 6) is 0.234. The van der Waals surface area contributed by atoms with E-state index in [2.05, 4.69) is 16.0 Å². The molecule has 0 aliphatic heterocycles. The van der Waals surface area contributed by atoms with Crippen LogP contribution in [0.2, 0.25) is 0 Å². The number of amides is 3. The molecule has 0 aliphatic rings. The fraction of sp³-hybridized carbons (Fsp3) is 0.121. The SMILES string of the molecule is COc1cccc(/C=C(\NC(=O)c2ccccc2)C(=O)Nc2ccc(SC(C)C(=O)Nc3cccc(OC)c3)cc2)c1. The second kappa shape index (κ2) is 14.6. The van der Waals surface area contributed by atoms with Crippen molar-refractivity contribution in [1.29, 1.82) is 0 Å². The zero-order valence-corrected chi connectivity index (χ0v) is 24.2. The van der Waals surface area contributed by atoms with Crippen LogP contribution in [0.15, 0.2) is 114 Å². The minimum absolute atomic E-state index is 0.0680. The molecule has 0 saturated heterocycles. The highest BCUT2D eigenvalue weighted by Gasteiger charge is 2.17. The van der Waals surface area contributed by atoms with Crippen molar-refractivity contribution in [2.24, 2.45) is 0 Å². The van der Waals surface area contributed by atoms with Crippen LogP contribution in [-0.2, 0) is 9.59 Å². The van der Waals surface area contributed by atoms with Gasteiger partial charge in [-0.1, -0.05) is 36.4 Å². The first-order chi connectivity index (χ1) is 20.3. The van der Waals surface area contributed by atoms with E-state index in [9.17, 15) is 14.4 Å². The second-order valence-electron chi connectivity index (χ2n) is 9.11. The summed E-state index contributed by atoms with van der Waals surface area (Å²) in [5.41, 5.74) is 2.36. The van der Waals surface area contributed by atoms with Crippen molar-refractivity contribution in [3.8, 4) is 11.5 Å². The quantitative estimate of drug-likeness (QED) is 0.143. The molecule has 0 spiro atoms. The Morgan fingerprint density at radius 3 is 2.10 bits per heavy atom. The van der Waals surface area contributed by atoms with E-state index >= 15 is 0 Å². The molecule has 0 aromatic heterocycles. The van der Waals surface area contributed by atoms with Crippen LogP contribution in [0.25, 0.3) is 6.08 Å². The molecule has 4 rings (SSSR count). The number of rotatable bonds is 11. The monoisotopic (exact) mass is 581 g/mol. The first kappa shape index (κ1) is 30.0. The molecule has 214 valence electrons. The first-order valence-corrected chi connectivity index (χ1v) is 14.0. The largest absolute Gasteiger partial charge is 0.497 e. The molecule has 9 heteroatoms. The van der Waals surface area contributed by atoms with Gasteiger partial charge >= 0.3 is 0 Å². The minimum atomic E-state index is -0.492. The Bertz CT molecular complexity index is 1570. The second-order valence-corrected chi connectivity index (χ2v) is 10.5. The van der Waals surface area contributed by atoms with Crippen molar-refractivity contribution in [2.75, 3.05) is 24.9 Å². The number of carbonyl (C=O) groups is 3. The van der Waals surface area contributed by atoms with Gasteiger partial charge in [-0.2, -0.15) is 0 Å². The highest BCUT2D eigenvalue weighted by molar-refractivity contribution is 8.00. The zero-order valence-electron chi connectivity index (χ0n) is 23.4. The Kier molecular flexibility index (Phi) is 10.4. The topological polar surface area (TPSA) is 106 Å². The van der Waals surface area contributed by atoms with Crippen LogP contribution in [0.3, 0.4) is 0 Å². The molecular weight excluding hydrogens is 550 g/mol. The van der Waals surface area contributed by atoms with Gasteiger partial charge in [0.15, 0.2) is 0 Å². The Balaban J connectivity index is 1.43. The smallest absolute Gasteiger partial charge is 0.272 e. The van der Waals surface area contributed by atoms with Gasteiger partial charge in [0.2, 0.25) is 5.91 Å². The number of hydrogen-bond acceptors (Lipinski definition) is 6. The molecule has 0 heterocycles. The highest BCUT2D eigenvalue weighted by atomic mass is 32.2. The number of anilines is 2. The molecule has 1 unspecified atom stereocenters. The number of hydrogen-bond donors (Lipinski definition) is 3. The average molecular weight is 582 g/mol. The Morgan fingerprint density at radius 1 is 0.738 bits per heavy atom. The summed E-state index contributed by atoms with van der Waals surface area (Å²) >= 11 is 1.39. The van der Waals surface area contributed by atoms with E-state index in [0.717, 1.165) is 4.90 Å². The molecular formula is C33H31N3O5S. The number of carbonyl (C=O) groups excluding carboxylic acids is 3. The maximum atomic E-state index is 13.3. The lowest BCUT2D eigenvalue weighted by Gasteiger charge is -2.14. The maximum absolute atomic E-state index is 13.3. The Morgan fingerprint density at radius 2 is 1.40 bits per heavy atom. The summed E-state index contributed by atoms with van der Waals surface area (Å²) in [5, 5.41) is 8.09. The van der Waals surface area contributed by atoms with E-state index in [0.29, 0.717) is 34.0 Å². The third-order valence-electron chi connectivity index (χ3n) is 6.07. The number of nitrogens with one attached hydrogen (secondary N) is 3. The zero-order chi connectivity index (χ0) is 29.9. The lowest BCUT2D eigenvalue weighted by Crippen LogP contribution is -2.30. The van der Waals surface area contributed by atoms with Crippen LogP contribution in [0.5, 0.6) is 11.5 Å². The van der Waals surface area contributed by atoms with Crippen LogP contribution in [0.4, 0.5) is 11.4 Å². The van der Waals surface area contributed by atoms with Crippen molar-refractivity contribution in [3.05, 3.63) is 120 Å². The maximum Gasteiger partial charge on any atom is 0.272 e. The molecule has 0 radical (unpaired) electrons. The molecule has 8 nitrogen and oxygen atoms in total. The predicted octanol–water partition coefficient (Wildman–Crippen LogP) is 6.23. The van der Waals surface area contributed by atoms with Gasteiger partial charge in [-0.25, -0.2) is 0 Å². The van der Waals surface area contributed by atoms with Crippen LogP contribution in [-0.4, -0.2) is 37.2 Å². The van der Waals surface area contributed by atoms with Gasteiger partial charge in [0.25, 0.3) is 11.8 Å². The standard InChI is InChI=1S/C33H31N3O5S/c1-22(31(37)35-26-12-8-14-28(21-26)41-3)42-29-17-15-25(16-18-29)34-33(39)30(20-23-9-7-13-27(19-23)40-2)36-32(38)24-10-5-4-6-11-24/h4-22H,1-3H3,(H,34,39)(H,35,37)(H,36,38)/b30-20-. The van der Waals surface area contributed by atoms with Gasteiger partial charge in [-0.05, 0) is 79.2 Å². The van der Waals surface area contributed by atoms with Crippen LogP contribution in [0, 0.1) is 0 Å². The molecule has 0 fully saturated rings. The van der Waals surface area contributed by atoms with Crippen LogP contribution >= 0.6 is 11.8 Å². The minimum Gasteiger partial charge on any atom is -0.497 e. The summed E-state index contributed by atoms with van der Waals surface area (Å²) < 4.78 is 10.5. The van der Waals surface area contributed by atoms with Gasteiger partial charge < -0.3 is 25.4 Å². The van der Waals surface area contributed by atoms with Crippen molar-refractivity contribution in [2.45, 2.75) is 17.1 Å². The van der Waals surface area contributed by atoms with E-state index in [1.165, 1.54) is 11.8 Å². The first-order valence-electron chi connectivity index (χ1n) is 13.1. The lowest BCUT2D eigenvalue weighted by atomic mass is 10.1. The number of thioether (sulfide) groups is 1. The predicted molar refractivity (Wildman–Crippen MR) is 167 cm³/mol. The summed E-state index contributed by atoms with van der Waals surface area (Å²) in [6.07, 6.45) is 1.59.